The van der Waals surface area contributed by atoms with Crippen LogP contribution in [0.5, 0.6) is 0 Å². The standard InChI is InChI=1S/C14H16ClN3O3/c1-14(2,3)20-13(19)16-8-11-17-12(18-21-11)9-6-4-5-7-10(9)15/h4-7H,8H2,1-3H3,(H,16,19). The topological polar surface area (TPSA) is 77.2 Å². The van der Waals surface area contributed by atoms with Gasteiger partial charge < -0.3 is 14.6 Å². The molecule has 1 aromatic carbocycles. The maximum absolute atomic E-state index is 11.5. The third-order valence-corrected chi connectivity index (χ3v) is 2.70. The summed E-state index contributed by atoms with van der Waals surface area (Å²) in [6, 6.07) is 7.18. The van der Waals surface area contributed by atoms with Crippen molar-refractivity contribution in [3.63, 3.8) is 0 Å². The van der Waals surface area contributed by atoms with E-state index in [-0.39, 0.29) is 12.4 Å². The Bertz CT molecular complexity index is 634. The quantitative estimate of drug-likeness (QED) is 0.940. The van der Waals surface area contributed by atoms with E-state index in [1.54, 1.807) is 32.9 Å². The first-order chi connectivity index (χ1) is 9.85. The van der Waals surface area contributed by atoms with E-state index in [0.29, 0.717) is 16.4 Å². The van der Waals surface area contributed by atoms with Crippen LogP contribution < -0.4 is 5.32 Å². The average molecular weight is 310 g/mol. The number of aromatic nitrogens is 2. The molecule has 0 aliphatic heterocycles. The van der Waals surface area contributed by atoms with Crippen molar-refractivity contribution in [1.82, 2.24) is 15.5 Å². The Morgan fingerprint density at radius 3 is 2.76 bits per heavy atom. The number of benzene rings is 1. The Morgan fingerprint density at radius 2 is 2.10 bits per heavy atom. The lowest BCUT2D eigenvalue weighted by molar-refractivity contribution is 0.0518. The van der Waals surface area contributed by atoms with Crippen molar-refractivity contribution in [1.29, 1.82) is 0 Å². The van der Waals surface area contributed by atoms with Gasteiger partial charge in [0.05, 0.1) is 5.02 Å². The summed E-state index contributed by atoms with van der Waals surface area (Å²) < 4.78 is 10.2. The number of rotatable bonds is 3. The maximum Gasteiger partial charge on any atom is 0.408 e. The van der Waals surface area contributed by atoms with Crippen molar-refractivity contribution in [3.05, 3.63) is 35.2 Å². The number of ether oxygens (including phenoxy) is 1. The molecule has 1 aromatic heterocycles. The van der Waals surface area contributed by atoms with Crippen molar-refractivity contribution >= 4 is 17.7 Å². The summed E-state index contributed by atoms with van der Waals surface area (Å²) in [6.07, 6.45) is -0.542. The summed E-state index contributed by atoms with van der Waals surface area (Å²) in [7, 11) is 0. The predicted octanol–water partition coefficient (Wildman–Crippen LogP) is 3.41. The normalized spacial score (nSPS) is 11.2. The lowest BCUT2D eigenvalue weighted by Gasteiger charge is -2.19. The highest BCUT2D eigenvalue weighted by Gasteiger charge is 2.17. The van der Waals surface area contributed by atoms with Crippen LogP contribution in [0.25, 0.3) is 11.4 Å². The minimum absolute atomic E-state index is 0.0896. The molecule has 0 atom stereocenters. The minimum Gasteiger partial charge on any atom is -0.444 e. The summed E-state index contributed by atoms with van der Waals surface area (Å²) in [5.41, 5.74) is 0.119. The molecule has 112 valence electrons. The molecular weight excluding hydrogens is 294 g/mol. The van der Waals surface area contributed by atoms with Gasteiger partial charge in [0.2, 0.25) is 11.7 Å². The van der Waals surface area contributed by atoms with Crippen molar-refractivity contribution in [2.24, 2.45) is 0 Å². The van der Waals surface area contributed by atoms with Crippen molar-refractivity contribution in [3.8, 4) is 11.4 Å². The summed E-state index contributed by atoms with van der Waals surface area (Å²) in [5, 5.41) is 6.91. The molecule has 0 unspecified atom stereocenters. The zero-order valence-corrected chi connectivity index (χ0v) is 12.8. The van der Waals surface area contributed by atoms with Gasteiger partial charge in [-0.2, -0.15) is 4.98 Å². The fourth-order valence-electron chi connectivity index (χ4n) is 1.54. The van der Waals surface area contributed by atoms with Crippen LogP contribution in [0.4, 0.5) is 4.79 Å². The molecule has 1 heterocycles. The van der Waals surface area contributed by atoms with Gasteiger partial charge in [-0.1, -0.05) is 28.9 Å². The summed E-state index contributed by atoms with van der Waals surface area (Å²) in [6.45, 7) is 5.45. The van der Waals surface area contributed by atoms with Crippen LogP contribution in [-0.4, -0.2) is 21.8 Å². The second-order valence-corrected chi connectivity index (χ2v) is 5.75. The van der Waals surface area contributed by atoms with E-state index < -0.39 is 11.7 Å². The number of amides is 1. The van der Waals surface area contributed by atoms with E-state index >= 15 is 0 Å². The van der Waals surface area contributed by atoms with E-state index in [9.17, 15) is 4.79 Å². The molecule has 0 saturated carbocycles. The van der Waals surface area contributed by atoms with Gasteiger partial charge in [0, 0.05) is 5.56 Å². The SMILES string of the molecule is CC(C)(C)OC(=O)NCc1nc(-c2ccccc2Cl)no1. The van der Waals surface area contributed by atoms with Crippen molar-refractivity contribution < 1.29 is 14.1 Å². The van der Waals surface area contributed by atoms with Gasteiger partial charge in [0.15, 0.2) is 0 Å². The van der Waals surface area contributed by atoms with Crippen LogP contribution in [0.2, 0.25) is 5.02 Å². The molecule has 0 radical (unpaired) electrons. The molecule has 21 heavy (non-hydrogen) atoms. The predicted molar refractivity (Wildman–Crippen MR) is 77.8 cm³/mol. The highest BCUT2D eigenvalue weighted by atomic mass is 35.5. The van der Waals surface area contributed by atoms with Crippen LogP contribution in [0.1, 0.15) is 26.7 Å². The van der Waals surface area contributed by atoms with E-state index in [1.807, 2.05) is 12.1 Å². The molecule has 0 bridgehead atoms. The fraction of sp³-hybridized carbons (Fsp3) is 0.357. The number of alkyl carbamates (subject to hydrolysis) is 1. The Kier molecular flexibility index (Phi) is 4.47. The van der Waals surface area contributed by atoms with Gasteiger partial charge >= 0.3 is 6.09 Å². The molecule has 2 rings (SSSR count). The summed E-state index contributed by atoms with van der Waals surface area (Å²) in [4.78, 5) is 15.7. The Balaban J connectivity index is 1.98. The lowest BCUT2D eigenvalue weighted by Crippen LogP contribution is -2.32. The third kappa shape index (κ3) is 4.46. The molecule has 7 heteroatoms. The van der Waals surface area contributed by atoms with Gasteiger partial charge in [0.25, 0.3) is 0 Å². The highest BCUT2D eigenvalue weighted by molar-refractivity contribution is 6.33. The van der Waals surface area contributed by atoms with Crippen LogP contribution in [0, 0.1) is 0 Å². The van der Waals surface area contributed by atoms with Crippen molar-refractivity contribution in [2.45, 2.75) is 32.9 Å². The fourth-order valence-corrected chi connectivity index (χ4v) is 1.76. The zero-order chi connectivity index (χ0) is 15.5. The first kappa shape index (κ1) is 15.3. The number of carbonyl (C=O) groups is 1. The molecule has 0 aliphatic rings. The molecular formula is C14H16ClN3O3. The largest absolute Gasteiger partial charge is 0.444 e. The van der Waals surface area contributed by atoms with E-state index in [0.717, 1.165) is 0 Å². The number of nitrogens with zero attached hydrogens (tertiary/aromatic N) is 2. The molecule has 0 saturated heterocycles. The van der Waals surface area contributed by atoms with Crippen LogP contribution in [-0.2, 0) is 11.3 Å². The highest BCUT2D eigenvalue weighted by Crippen LogP contribution is 2.24. The second kappa shape index (κ2) is 6.13. The van der Waals surface area contributed by atoms with Gasteiger partial charge in [-0.05, 0) is 32.9 Å². The third-order valence-electron chi connectivity index (χ3n) is 2.37. The smallest absolute Gasteiger partial charge is 0.408 e. The van der Waals surface area contributed by atoms with Gasteiger partial charge in [-0.25, -0.2) is 4.79 Å². The van der Waals surface area contributed by atoms with Gasteiger partial charge in [-0.15, -0.1) is 0 Å². The average Bonchev–Trinajstić information content (AvgIpc) is 2.83. The molecule has 2 aromatic rings. The van der Waals surface area contributed by atoms with E-state index in [1.165, 1.54) is 0 Å². The Morgan fingerprint density at radius 1 is 1.38 bits per heavy atom. The number of hydrogen-bond acceptors (Lipinski definition) is 5. The molecule has 0 spiro atoms. The van der Waals surface area contributed by atoms with E-state index in [4.69, 9.17) is 20.9 Å². The van der Waals surface area contributed by atoms with E-state index in [2.05, 4.69) is 15.5 Å². The summed E-state index contributed by atoms with van der Waals surface area (Å²) >= 11 is 6.06. The van der Waals surface area contributed by atoms with Crippen molar-refractivity contribution in [2.75, 3.05) is 0 Å². The molecule has 0 aliphatic carbocycles. The first-order valence-electron chi connectivity index (χ1n) is 6.39. The second-order valence-electron chi connectivity index (χ2n) is 5.35. The monoisotopic (exact) mass is 309 g/mol. The number of carbonyl (C=O) groups excluding carboxylic acids is 1. The van der Waals surface area contributed by atoms with Crippen LogP contribution >= 0.6 is 11.6 Å². The number of hydrogen-bond donors (Lipinski definition) is 1. The van der Waals surface area contributed by atoms with Gasteiger partial charge in [-0.3, -0.25) is 0 Å². The lowest BCUT2D eigenvalue weighted by atomic mass is 10.2. The molecule has 0 fully saturated rings. The molecule has 1 amide bonds. The number of halogens is 1. The summed E-state index contributed by atoms with van der Waals surface area (Å²) in [5.74, 6) is 0.650. The molecule has 1 N–H and O–H groups in total. The Hall–Kier alpha value is -2.08. The zero-order valence-electron chi connectivity index (χ0n) is 12.0. The Labute approximate surface area is 127 Å². The van der Waals surface area contributed by atoms with Crippen LogP contribution in [0.3, 0.4) is 0 Å². The first-order valence-corrected chi connectivity index (χ1v) is 6.77. The van der Waals surface area contributed by atoms with Crippen LogP contribution in [0.15, 0.2) is 28.8 Å². The van der Waals surface area contributed by atoms with Gasteiger partial charge in [0.1, 0.15) is 12.1 Å². The maximum atomic E-state index is 11.5. The molecule has 6 nitrogen and oxygen atoms in total. The minimum atomic E-state index is -0.554. The number of nitrogens with one attached hydrogen (secondary N) is 1.